The molecule has 0 radical (unpaired) electrons. The van der Waals surface area contributed by atoms with E-state index in [4.69, 9.17) is 0 Å². The van der Waals surface area contributed by atoms with E-state index < -0.39 is 0 Å². The fourth-order valence-corrected chi connectivity index (χ4v) is 2.49. The molecule has 1 aromatic carbocycles. The fraction of sp³-hybridized carbons (Fsp3) is 0.500. The number of aryl methyl sites for hydroxylation is 1. The van der Waals surface area contributed by atoms with Crippen molar-refractivity contribution in [1.82, 2.24) is 10.2 Å². The molecule has 1 aliphatic rings. The Hall–Kier alpha value is -1.00. The van der Waals surface area contributed by atoms with E-state index in [0.717, 1.165) is 29.1 Å². The van der Waals surface area contributed by atoms with Crippen LogP contribution in [-0.4, -0.2) is 37.0 Å². The van der Waals surface area contributed by atoms with E-state index in [1.807, 2.05) is 25.1 Å². The van der Waals surface area contributed by atoms with Gasteiger partial charge in [-0.25, -0.2) is 0 Å². The Bertz CT molecular complexity index is 428. The van der Waals surface area contributed by atoms with Crippen molar-refractivity contribution in [3.63, 3.8) is 0 Å². The van der Waals surface area contributed by atoms with E-state index in [1.54, 1.807) is 0 Å². The molecule has 1 fully saturated rings. The molecule has 1 amide bonds. The number of nitrogens with zero attached hydrogens (tertiary/aromatic N) is 1. The van der Waals surface area contributed by atoms with Crippen LogP contribution in [0.3, 0.4) is 0 Å². The normalized spacial score (nSPS) is 15.9. The Kier molecular flexibility index (Phi) is 4.66. The third kappa shape index (κ3) is 3.50. The number of hydrogen-bond acceptors (Lipinski definition) is 3. The topological polar surface area (TPSA) is 32.3 Å². The van der Waals surface area contributed by atoms with Crippen LogP contribution in [0.1, 0.15) is 28.8 Å². The molecule has 3 nitrogen and oxygen atoms in total. The Morgan fingerprint density at radius 2 is 2.11 bits per heavy atom. The molecule has 0 spiro atoms. The molecule has 0 aromatic heterocycles. The van der Waals surface area contributed by atoms with Gasteiger partial charge in [-0.05, 0) is 50.6 Å². The van der Waals surface area contributed by atoms with Crippen molar-refractivity contribution in [3.05, 3.63) is 29.3 Å². The number of carbonyl (C=O) groups excluding carboxylic acids is 1. The molecule has 0 saturated carbocycles. The Morgan fingerprint density at radius 1 is 1.39 bits per heavy atom. The van der Waals surface area contributed by atoms with Crippen molar-refractivity contribution < 1.29 is 4.79 Å². The third-order valence-corrected chi connectivity index (χ3v) is 3.66. The quantitative estimate of drug-likeness (QED) is 0.816. The molecule has 0 atom stereocenters. The zero-order valence-electron chi connectivity index (χ0n) is 10.8. The molecule has 1 aromatic rings. The molecule has 1 saturated heterocycles. The van der Waals surface area contributed by atoms with Crippen LogP contribution < -0.4 is 5.32 Å². The zero-order chi connectivity index (χ0) is 13.0. The summed E-state index contributed by atoms with van der Waals surface area (Å²) in [5, 5.41) is 2.98. The van der Waals surface area contributed by atoms with Crippen molar-refractivity contribution in [2.45, 2.75) is 24.7 Å². The Morgan fingerprint density at radius 3 is 2.83 bits per heavy atom. The lowest BCUT2D eigenvalue weighted by Gasteiger charge is -2.15. The van der Waals surface area contributed by atoms with Crippen molar-refractivity contribution in [2.75, 3.05) is 26.2 Å². The predicted octanol–water partition coefficient (Wildman–Crippen LogP) is 2.11. The number of benzene rings is 1. The highest BCUT2D eigenvalue weighted by Gasteiger charge is 2.12. The lowest BCUT2D eigenvalue weighted by Crippen LogP contribution is -2.33. The van der Waals surface area contributed by atoms with Gasteiger partial charge in [0.2, 0.25) is 0 Å². The van der Waals surface area contributed by atoms with Crippen molar-refractivity contribution in [1.29, 1.82) is 0 Å². The molecular formula is C14H20N2OS. The van der Waals surface area contributed by atoms with Crippen molar-refractivity contribution >= 4 is 18.5 Å². The first-order valence-corrected chi connectivity index (χ1v) is 6.92. The zero-order valence-corrected chi connectivity index (χ0v) is 11.7. The average Bonchev–Trinajstić information content (AvgIpc) is 2.85. The van der Waals surface area contributed by atoms with Gasteiger partial charge in [0.1, 0.15) is 0 Å². The summed E-state index contributed by atoms with van der Waals surface area (Å²) < 4.78 is 0. The maximum Gasteiger partial charge on any atom is 0.251 e. The molecule has 0 aliphatic carbocycles. The van der Waals surface area contributed by atoms with Gasteiger partial charge in [0.25, 0.3) is 5.91 Å². The van der Waals surface area contributed by atoms with Gasteiger partial charge in [-0.1, -0.05) is 6.07 Å². The first-order valence-electron chi connectivity index (χ1n) is 6.47. The van der Waals surface area contributed by atoms with Crippen LogP contribution in [-0.2, 0) is 0 Å². The smallest absolute Gasteiger partial charge is 0.251 e. The van der Waals surface area contributed by atoms with Crippen LogP contribution in [0.15, 0.2) is 23.1 Å². The summed E-state index contributed by atoms with van der Waals surface area (Å²) in [5.74, 6) is 0.00240. The number of rotatable bonds is 4. The van der Waals surface area contributed by atoms with E-state index in [-0.39, 0.29) is 5.91 Å². The molecule has 4 heteroatoms. The molecule has 1 heterocycles. The molecule has 1 N–H and O–H groups in total. The number of likely N-dealkylation sites (tertiary alicyclic amines) is 1. The standard InChI is InChI=1S/C14H20N2OS/c1-11-4-5-12(18)10-13(11)14(17)15-6-9-16-7-2-3-8-16/h4-5,10,18H,2-3,6-9H2,1H3,(H,15,17). The Balaban J connectivity index is 1.85. The van der Waals surface area contributed by atoms with E-state index >= 15 is 0 Å². The van der Waals surface area contributed by atoms with Gasteiger partial charge in [0, 0.05) is 23.5 Å². The van der Waals surface area contributed by atoms with Gasteiger partial charge >= 0.3 is 0 Å². The number of thiol groups is 1. The molecule has 0 unspecified atom stereocenters. The summed E-state index contributed by atoms with van der Waals surface area (Å²) in [5.41, 5.74) is 1.72. The fourth-order valence-electron chi connectivity index (χ4n) is 2.28. The van der Waals surface area contributed by atoms with Crippen LogP contribution in [0.25, 0.3) is 0 Å². The van der Waals surface area contributed by atoms with Crippen LogP contribution in [0.2, 0.25) is 0 Å². The highest BCUT2D eigenvalue weighted by Crippen LogP contribution is 2.13. The van der Waals surface area contributed by atoms with E-state index in [9.17, 15) is 4.79 Å². The van der Waals surface area contributed by atoms with E-state index in [2.05, 4.69) is 22.8 Å². The number of amides is 1. The highest BCUT2D eigenvalue weighted by molar-refractivity contribution is 7.80. The SMILES string of the molecule is Cc1ccc(S)cc1C(=O)NCCN1CCCC1. The third-order valence-electron chi connectivity index (χ3n) is 3.38. The second kappa shape index (κ2) is 6.25. The van der Waals surface area contributed by atoms with Gasteiger partial charge in [-0.3, -0.25) is 4.79 Å². The van der Waals surface area contributed by atoms with Gasteiger partial charge in [0.05, 0.1) is 0 Å². The highest BCUT2D eigenvalue weighted by atomic mass is 32.1. The summed E-state index contributed by atoms with van der Waals surface area (Å²) in [6, 6.07) is 5.65. The van der Waals surface area contributed by atoms with Gasteiger partial charge < -0.3 is 10.2 Å². The molecule has 1 aliphatic heterocycles. The maximum absolute atomic E-state index is 12.0. The molecule has 98 valence electrons. The summed E-state index contributed by atoms with van der Waals surface area (Å²) in [7, 11) is 0. The molecule has 18 heavy (non-hydrogen) atoms. The van der Waals surface area contributed by atoms with Crippen LogP contribution in [0.5, 0.6) is 0 Å². The summed E-state index contributed by atoms with van der Waals surface area (Å²) in [6.07, 6.45) is 2.57. The summed E-state index contributed by atoms with van der Waals surface area (Å²) in [6.45, 7) is 5.95. The first kappa shape index (κ1) is 13.4. The summed E-state index contributed by atoms with van der Waals surface area (Å²) in [4.78, 5) is 15.2. The second-order valence-electron chi connectivity index (χ2n) is 4.80. The molecular weight excluding hydrogens is 244 g/mol. The average molecular weight is 264 g/mol. The number of hydrogen-bond donors (Lipinski definition) is 2. The number of carbonyl (C=O) groups is 1. The monoisotopic (exact) mass is 264 g/mol. The lowest BCUT2D eigenvalue weighted by atomic mass is 10.1. The minimum Gasteiger partial charge on any atom is -0.351 e. The lowest BCUT2D eigenvalue weighted by molar-refractivity contribution is 0.0949. The van der Waals surface area contributed by atoms with Crippen LogP contribution >= 0.6 is 12.6 Å². The van der Waals surface area contributed by atoms with Crippen LogP contribution in [0, 0.1) is 6.92 Å². The predicted molar refractivity (Wildman–Crippen MR) is 76.4 cm³/mol. The second-order valence-corrected chi connectivity index (χ2v) is 5.32. The van der Waals surface area contributed by atoms with Crippen molar-refractivity contribution in [3.8, 4) is 0 Å². The summed E-state index contributed by atoms with van der Waals surface area (Å²) >= 11 is 4.27. The van der Waals surface area contributed by atoms with E-state index in [1.165, 1.54) is 25.9 Å². The maximum atomic E-state index is 12.0. The minimum absolute atomic E-state index is 0.00240. The van der Waals surface area contributed by atoms with Crippen molar-refractivity contribution in [2.24, 2.45) is 0 Å². The molecule has 2 rings (SSSR count). The van der Waals surface area contributed by atoms with Gasteiger partial charge in [-0.2, -0.15) is 0 Å². The van der Waals surface area contributed by atoms with Gasteiger partial charge in [0.15, 0.2) is 0 Å². The first-order chi connectivity index (χ1) is 8.66. The van der Waals surface area contributed by atoms with Crippen LogP contribution in [0.4, 0.5) is 0 Å². The van der Waals surface area contributed by atoms with E-state index in [0.29, 0.717) is 0 Å². The minimum atomic E-state index is 0.00240. The largest absolute Gasteiger partial charge is 0.351 e. The Labute approximate surface area is 114 Å². The molecule has 0 bridgehead atoms. The number of nitrogens with one attached hydrogen (secondary N) is 1. The van der Waals surface area contributed by atoms with Gasteiger partial charge in [-0.15, -0.1) is 12.6 Å².